The van der Waals surface area contributed by atoms with Crippen molar-refractivity contribution in [2.24, 2.45) is 0 Å². The summed E-state index contributed by atoms with van der Waals surface area (Å²) in [7, 11) is -0.434. The van der Waals surface area contributed by atoms with Gasteiger partial charge in [-0.3, -0.25) is 4.79 Å². The van der Waals surface area contributed by atoms with Gasteiger partial charge in [-0.1, -0.05) is 39.0 Å². The number of hydrogen-bond donors (Lipinski definition) is 0. The maximum atomic E-state index is 11.4. The van der Waals surface area contributed by atoms with E-state index < -0.39 is 8.32 Å². The highest BCUT2D eigenvalue weighted by Crippen LogP contribution is 2.37. The van der Waals surface area contributed by atoms with Gasteiger partial charge in [-0.2, -0.15) is 0 Å². The first-order chi connectivity index (χ1) is 13.1. The molecule has 0 bridgehead atoms. The zero-order valence-corrected chi connectivity index (χ0v) is 18.7. The highest BCUT2D eigenvalue weighted by atomic mass is 28.4. The van der Waals surface area contributed by atoms with Crippen LogP contribution in [-0.4, -0.2) is 41.4 Å². The number of benzene rings is 1. The van der Waals surface area contributed by atoms with Crippen LogP contribution >= 0.6 is 0 Å². The minimum absolute atomic E-state index is 0.161. The minimum Gasteiger partial charge on any atom is -0.469 e. The summed E-state index contributed by atoms with van der Waals surface area (Å²) in [6.45, 7) is 12.1. The van der Waals surface area contributed by atoms with Gasteiger partial charge in [0.15, 0.2) is 19.8 Å². The van der Waals surface area contributed by atoms with Gasteiger partial charge in [0.2, 0.25) is 6.79 Å². The number of fused-ring (bicyclic) bond motifs is 1. The van der Waals surface area contributed by atoms with Crippen molar-refractivity contribution in [1.82, 2.24) is 0 Å². The molecule has 1 aliphatic rings. The smallest absolute Gasteiger partial charge is 0.307 e. The maximum Gasteiger partial charge on any atom is 0.307 e. The van der Waals surface area contributed by atoms with E-state index in [4.69, 9.17) is 18.6 Å². The molecule has 1 heterocycles. The van der Waals surface area contributed by atoms with Crippen LogP contribution in [0.15, 0.2) is 30.4 Å². The molecule has 0 amide bonds. The molecule has 0 aliphatic carbocycles. The SMILES string of the molecule is COC(=O)CCOC(/C=C\CO[Si](C)(C)C(C)(C)C)c1ccc2c(c1)OCO2. The zero-order valence-electron chi connectivity index (χ0n) is 17.7. The summed E-state index contributed by atoms with van der Waals surface area (Å²) in [5.74, 6) is 1.13. The highest BCUT2D eigenvalue weighted by molar-refractivity contribution is 6.74. The van der Waals surface area contributed by atoms with Gasteiger partial charge in [0.1, 0.15) is 6.10 Å². The lowest BCUT2D eigenvalue weighted by atomic mass is 10.1. The van der Waals surface area contributed by atoms with Crippen LogP contribution in [0.3, 0.4) is 0 Å². The van der Waals surface area contributed by atoms with E-state index in [9.17, 15) is 4.79 Å². The quantitative estimate of drug-likeness (QED) is 0.338. The maximum absolute atomic E-state index is 11.4. The number of carbonyl (C=O) groups is 1. The molecule has 0 saturated carbocycles. The molecule has 6 nitrogen and oxygen atoms in total. The summed E-state index contributed by atoms with van der Waals surface area (Å²) in [5, 5.41) is 0.161. The largest absolute Gasteiger partial charge is 0.469 e. The van der Waals surface area contributed by atoms with Crippen molar-refractivity contribution in [1.29, 1.82) is 0 Å². The van der Waals surface area contributed by atoms with E-state index in [0.29, 0.717) is 12.4 Å². The van der Waals surface area contributed by atoms with E-state index in [1.807, 2.05) is 30.4 Å². The average Bonchev–Trinajstić information content (AvgIpc) is 3.10. The molecule has 0 N–H and O–H groups in total. The molecule has 0 spiro atoms. The van der Waals surface area contributed by atoms with Gasteiger partial charge in [-0.25, -0.2) is 0 Å². The molecule has 1 aromatic rings. The first-order valence-electron chi connectivity index (χ1n) is 9.52. The molecule has 1 unspecified atom stereocenters. The molecule has 1 aliphatic heterocycles. The Balaban J connectivity index is 2.04. The topological polar surface area (TPSA) is 63.2 Å². The van der Waals surface area contributed by atoms with Gasteiger partial charge < -0.3 is 23.4 Å². The molecule has 1 atom stereocenters. The summed E-state index contributed by atoms with van der Waals surface area (Å²) in [4.78, 5) is 11.4. The third-order valence-electron chi connectivity index (χ3n) is 5.21. The van der Waals surface area contributed by atoms with Crippen LogP contribution in [0.5, 0.6) is 11.5 Å². The molecule has 0 aromatic heterocycles. The third-order valence-corrected chi connectivity index (χ3v) is 9.71. The Morgan fingerprint density at radius 2 is 1.96 bits per heavy atom. The van der Waals surface area contributed by atoms with E-state index >= 15 is 0 Å². The Hall–Kier alpha value is -1.83. The average molecular weight is 409 g/mol. The van der Waals surface area contributed by atoms with Crippen LogP contribution in [0.2, 0.25) is 18.1 Å². The van der Waals surface area contributed by atoms with Crippen LogP contribution < -0.4 is 9.47 Å². The van der Waals surface area contributed by atoms with Crippen molar-refractivity contribution in [3.05, 3.63) is 35.9 Å². The zero-order chi connectivity index (χ0) is 20.8. The number of hydrogen-bond acceptors (Lipinski definition) is 6. The van der Waals surface area contributed by atoms with Crippen LogP contribution in [-0.2, 0) is 18.7 Å². The van der Waals surface area contributed by atoms with Crippen molar-refractivity contribution in [3.8, 4) is 11.5 Å². The number of ether oxygens (including phenoxy) is 4. The monoisotopic (exact) mass is 408 g/mol. The Kier molecular flexibility index (Phi) is 7.68. The standard InChI is InChI=1S/C21H32O6Si/c1-21(2,3)28(5,6)27-12-7-8-17(24-13-11-20(22)23-4)16-9-10-18-19(14-16)26-15-25-18/h7-10,14,17H,11-13,15H2,1-6H3/b8-7-. The molecular weight excluding hydrogens is 376 g/mol. The van der Waals surface area contributed by atoms with E-state index in [-0.39, 0.29) is 36.9 Å². The molecule has 0 saturated heterocycles. The Labute approximate surface area is 168 Å². The Morgan fingerprint density at radius 3 is 2.64 bits per heavy atom. The third kappa shape index (κ3) is 6.09. The summed E-state index contributed by atoms with van der Waals surface area (Å²) < 4.78 is 27.6. The molecule has 2 rings (SSSR count). The summed E-state index contributed by atoms with van der Waals surface area (Å²) in [6, 6.07) is 5.72. The van der Waals surface area contributed by atoms with Gasteiger partial charge in [0.25, 0.3) is 0 Å². The summed E-state index contributed by atoms with van der Waals surface area (Å²) in [6.07, 6.45) is 3.82. The van der Waals surface area contributed by atoms with E-state index in [0.717, 1.165) is 11.3 Å². The van der Waals surface area contributed by atoms with Crippen LogP contribution in [0.1, 0.15) is 38.9 Å². The molecule has 156 valence electrons. The second-order valence-corrected chi connectivity index (χ2v) is 13.0. The number of methoxy groups -OCH3 is 1. The van der Waals surface area contributed by atoms with Gasteiger partial charge in [0.05, 0.1) is 26.7 Å². The number of rotatable bonds is 9. The summed E-state index contributed by atoms with van der Waals surface area (Å²) >= 11 is 0. The normalized spacial score (nSPS) is 15.1. The van der Waals surface area contributed by atoms with Gasteiger partial charge in [-0.05, 0) is 35.8 Å². The fourth-order valence-electron chi connectivity index (χ4n) is 2.38. The number of esters is 1. The number of carbonyl (C=O) groups excluding carboxylic acids is 1. The van der Waals surface area contributed by atoms with Crippen LogP contribution in [0.25, 0.3) is 0 Å². The van der Waals surface area contributed by atoms with E-state index in [1.54, 1.807) is 0 Å². The van der Waals surface area contributed by atoms with Crippen molar-refractivity contribution >= 4 is 14.3 Å². The fourth-order valence-corrected chi connectivity index (χ4v) is 3.32. The Bertz CT molecular complexity index is 693. The predicted molar refractivity (Wildman–Crippen MR) is 110 cm³/mol. The molecular formula is C21H32O6Si. The second kappa shape index (κ2) is 9.58. The van der Waals surface area contributed by atoms with Gasteiger partial charge in [0, 0.05) is 0 Å². The lowest BCUT2D eigenvalue weighted by molar-refractivity contribution is -0.142. The first kappa shape index (κ1) is 22.5. The van der Waals surface area contributed by atoms with Crippen LogP contribution in [0, 0.1) is 0 Å². The molecule has 1 aromatic carbocycles. The van der Waals surface area contributed by atoms with Gasteiger partial charge >= 0.3 is 5.97 Å². The highest BCUT2D eigenvalue weighted by Gasteiger charge is 2.36. The van der Waals surface area contributed by atoms with Crippen molar-refractivity contribution in [3.63, 3.8) is 0 Å². The second-order valence-electron chi connectivity index (χ2n) is 8.23. The van der Waals surface area contributed by atoms with Crippen molar-refractivity contribution in [2.75, 3.05) is 27.1 Å². The fraction of sp³-hybridized carbons (Fsp3) is 0.571. The lowest BCUT2D eigenvalue weighted by Crippen LogP contribution is -2.40. The van der Waals surface area contributed by atoms with Crippen molar-refractivity contribution < 1.29 is 28.2 Å². The minimum atomic E-state index is -1.81. The molecule has 7 heteroatoms. The molecule has 0 fully saturated rings. The lowest BCUT2D eigenvalue weighted by Gasteiger charge is -2.35. The van der Waals surface area contributed by atoms with Gasteiger partial charge in [-0.15, -0.1) is 0 Å². The molecule has 0 radical (unpaired) electrons. The first-order valence-corrected chi connectivity index (χ1v) is 12.4. The van der Waals surface area contributed by atoms with Crippen molar-refractivity contribution in [2.45, 2.75) is 51.4 Å². The predicted octanol–water partition coefficient (Wildman–Crippen LogP) is 4.61. The van der Waals surface area contributed by atoms with Crippen LogP contribution in [0.4, 0.5) is 0 Å². The summed E-state index contributed by atoms with van der Waals surface area (Å²) in [5.41, 5.74) is 0.928. The molecule has 28 heavy (non-hydrogen) atoms. The van der Waals surface area contributed by atoms with E-state index in [2.05, 4.69) is 38.6 Å². The van der Waals surface area contributed by atoms with E-state index in [1.165, 1.54) is 7.11 Å². The Morgan fingerprint density at radius 1 is 1.25 bits per heavy atom.